The molecule has 0 bridgehead atoms. The van der Waals surface area contributed by atoms with Crippen LogP contribution in [0, 0.1) is 0 Å². The lowest BCUT2D eigenvalue weighted by Crippen LogP contribution is -2.16. The van der Waals surface area contributed by atoms with Gasteiger partial charge >= 0.3 is 0 Å². The number of halogens is 1. The van der Waals surface area contributed by atoms with E-state index < -0.39 is 0 Å². The Balaban J connectivity index is 0.00000169. The van der Waals surface area contributed by atoms with Crippen molar-refractivity contribution in [3.05, 3.63) is 35.9 Å². The minimum absolute atomic E-state index is 0. The molecule has 1 nitrogen and oxygen atoms in total. The molecule has 0 amide bonds. The molecule has 3 heteroatoms. The lowest BCUT2D eigenvalue weighted by molar-refractivity contribution is 0.763. The molecule has 1 aromatic carbocycles. The predicted molar refractivity (Wildman–Crippen MR) is 68.4 cm³/mol. The Hall–Kier alpha value is -0.180. The summed E-state index contributed by atoms with van der Waals surface area (Å²) in [5.41, 5.74) is 7.04. The molecule has 0 aromatic heterocycles. The number of hydrogen-bond donors (Lipinski definition) is 1. The fourth-order valence-electron chi connectivity index (χ4n) is 1.30. The molecule has 2 N–H and O–H groups in total. The van der Waals surface area contributed by atoms with Crippen LogP contribution in [0.3, 0.4) is 0 Å². The molecule has 14 heavy (non-hydrogen) atoms. The van der Waals surface area contributed by atoms with Gasteiger partial charge in [-0.1, -0.05) is 30.3 Å². The second-order valence-electron chi connectivity index (χ2n) is 3.12. The Morgan fingerprint density at radius 1 is 1.29 bits per heavy atom. The molecule has 0 fully saturated rings. The van der Waals surface area contributed by atoms with Gasteiger partial charge in [-0.25, -0.2) is 0 Å². The van der Waals surface area contributed by atoms with Crippen molar-refractivity contribution in [1.82, 2.24) is 0 Å². The van der Waals surface area contributed by atoms with E-state index in [0.29, 0.717) is 5.25 Å². The van der Waals surface area contributed by atoms with Crippen molar-refractivity contribution in [2.24, 2.45) is 5.73 Å². The zero-order valence-electron chi connectivity index (χ0n) is 8.48. The molecule has 0 saturated heterocycles. The SMILES string of the molecule is CSC(CN)CCc1ccccc1.Cl. The fraction of sp³-hybridized carbons (Fsp3) is 0.455. The van der Waals surface area contributed by atoms with E-state index in [1.54, 1.807) is 0 Å². The van der Waals surface area contributed by atoms with Crippen molar-refractivity contribution in [1.29, 1.82) is 0 Å². The Kier molecular flexibility index (Phi) is 8.05. The van der Waals surface area contributed by atoms with Crippen LogP contribution in [0.5, 0.6) is 0 Å². The minimum Gasteiger partial charge on any atom is -0.329 e. The number of hydrogen-bond acceptors (Lipinski definition) is 2. The van der Waals surface area contributed by atoms with Gasteiger partial charge in [-0.3, -0.25) is 0 Å². The fourth-order valence-corrected chi connectivity index (χ4v) is 1.85. The van der Waals surface area contributed by atoms with Crippen LogP contribution in [-0.4, -0.2) is 18.1 Å². The third-order valence-corrected chi connectivity index (χ3v) is 3.29. The van der Waals surface area contributed by atoms with E-state index in [9.17, 15) is 0 Å². The number of thioether (sulfide) groups is 1. The summed E-state index contributed by atoms with van der Waals surface area (Å²) in [6.45, 7) is 0.786. The van der Waals surface area contributed by atoms with Gasteiger partial charge < -0.3 is 5.73 Å². The first kappa shape index (κ1) is 13.8. The second-order valence-corrected chi connectivity index (χ2v) is 4.26. The number of aryl methyl sites for hydroxylation is 1. The average Bonchev–Trinajstić information content (AvgIpc) is 2.21. The number of rotatable bonds is 5. The Morgan fingerprint density at radius 2 is 1.93 bits per heavy atom. The molecule has 0 saturated carbocycles. The molecular weight excluding hydrogens is 214 g/mol. The first-order valence-corrected chi connectivity index (χ1v) is 5.92. The van der Waals surface area contributed by atoms with E-state index in [1.807, 2.05) is 11.8 Å². The van der Waals surface area contributed by atoms with Gasteiger partial charge in [0.2, 0.25) is 0 Å². The maximum absolute atomic E-state index is 5.63. The zero-order valence-corrected chi connectivity index (χ0v) is 10.1. The van der Waals surface area contributed by atoms with Crippen LogP contribution < -0.4 is 5.73 Å². The maximum atomic E-state index is 5.63. The molecule has 0 heterocycles. The van der Waals surface area contributed by atoms with E-state index >= 15 is 0 Å². The van der Waals surface area contributed by atoms with Crippen molar-refractivity contribution in [3.63, 3.8) is 0 Å². The van der Waals surface area contributed by atoms with E-state index in [4.69, 9.17) is 5.73 Å². The van der Waals surface area contributed by atoms with Gasteiger partial charge in [0.1, 0.15) is 0 Å². The highest BCUT2D eigenvalue weighted by atomic mass is 35.5. The smallest absolute Gasteiger partial charge is 0.0170 e. The topological polar surface area (TPSA) is 26.0 Å². The van der Waals surface area contributed by atoms with E-state index in [2.05, 4.69) is 36.6 Å². The van der Waals surface area contributed by atoms with Crippen LogP contribution in [0.1, 0.15) is 12.0 Å². The van der Waals surface area contributed by atoms with E-state index in [1.165, 1.54) is 12.0 Å². The molecule has 0 aliphatic rings. The Morgan fingerprint density at radius 3 is 2.43 bits per heavy atom. The van der Waals surface area contributed by atoms with Crippen molar-refractivity contribution in [3.8, 4) is 0 Å². The molecule has 0 spiro atoms. The highest BCUT2D eigenvalue weighted by Crippen LogP contribution is 2.13. The van der Waals surface area contributed by atoms with Crippen LogP contribution in [0.4, 0.5) is 0 Å². The summed E-state index contributed by atoms with van der Waals surface area (Å²) in [5.74, 6) is 0. The van der Waals surface area contributed by atoms with Gasteiger partial charge in [0.05, 0.1) is 0 Å². The molecule has 1 rings (SSSR count). The molecule has 80 valence electrons. The first-order chi connectivity index (χ1) is 6.36. The van der Waals surface area contributed by atoms with Crippen molar-refractivity contribution < 1.29 is 0 Å². The summed E-state index contributed by atoms with van der Waals surface area (Å²) in [5, 5.41) is 0.611. The molecule has 0 aliphatic carbocycles. The number of benzene rings is 1. The maximum Gasteiger partial charge on any atom is 0.0170 e. The molecule has 1 atom stereocenters. The second kappa shape index (κ2) is 8.16. The largest absolute Gasteiger partial charge is 0.329 e. The van der Waals surface area contributed by atoms with Gasteiger partial charge in [0.25, 0.3) is 0 Å². The summed E-state index contributed by atoms with van der Waals surface area (Å²) in [6.07, 6.45) is 4.45. The molecule has 0 aliphatic heterocycles. The third kappa shape index (κ3) is 4.89. The lowest BCUT2D eigenvalue weighted by Gasteiger charge is -2.10. The average molecular weight is 232 g/mol. The van der Waals surface area contributed by atoms with Crippen LogP contribution >= 0.6 is 24.2 Å². The van der Waals surface area contributed by atoms with Crippen LogP contribution in [-0.2, 0) is 6.42 Å². The molecule has 1 aromatic rings. The van der Waals surface area contributed by atoms with Gasteiger partial charge in [-0.2, -0.15) is 11.8 Å². The van der Waals surface area contributed by atoms with E-state index in [-0.39, 0.29) is 12.4 Å². The van der Waals surface area contributed by atoms with Crippen molar-refractivity contribution in [2.45, 2.75) is 18.1 Å². The van der Waals surface area contributed by atoms with Crippen molar-refractivity contribution >= 4 is 24.2 Å². The highest BCUT2D eigenvalue weighted by Gasteiger charge is 2.03. The quantitative estimate of drug-likeness (QED) is 0.844. The van der Waals surface area contributed by atoms with Gasteiger partial charge in [0, 0.05) is 11.8 Å². The third-order valence-electron chi connectivity index (χ3n) is 2.19. The lowest BCUT2D eigenvalue weighted by atomic mass is 10.1. The summed E-state index contributed by atoms with van der Waals surface area (Å²) in [6, 6.07) is 10.6. The molecule has 1 unspecified atom stereocenters. The Labute approximate surface area is 96.9 Å². The summed E-state index contributed by atoms with van der Waals surface area (Å²) < 4.78 is 0. The van der Waals surface area contributed by atoms with Gasteiger partial charge in [-0.05, 0) is 24.7 Å². The summed E-state index contributed by atoms with van der Waals surface area (Å²) in [7, 11) is 0. The van der Waals surface area contributed by atoms with Crippen molar-refractivity contribution in [2.75, 3.05) is 12.8 Å². The monoisotopic (exact) mass is 231 g/mol. The zero-order chi connectivity index (χ0) is 9.52. The molecule has 0 radical (unpaired) electrons. The molecular formula is C11H18ClNS. The normalized spacial score (nSPS) is 11.9. The van der Waals surface area contributed by atoms with Crippen LogP contribution in [0.15, 0.2) is 30.3 Å². The van der Waals surface area contributed by atoms with Gasteiger partial charge in [0.15, 0.2) is 0 Å². The van der Waals surface area contributed by atoms with Gasteiger partial charge in [-0.15, -0.1) is 12.4 Å². The van der Waals surface area contributed by atoms with Crippen LogP contribution in [0.25, 0.3) is 0 Å². The Bertz CT molecular complexity index is 224. The standard InChI is InChI=1S/C11H17NS.ClH/c1-13-11(9-12)8-7-10-5-3-2-4-6-10;/h2-6,11H,7-9,12H2,1H3;1H. The number of nitrogens with two attached hydrogens (primary N) is 1. The van der Waals surface area contributed by atoms with E-state index in [0.717, 1.165) is 13.0 Å². The predicted octanol–water partition coefficient (Wildman–Crippen LogP) is 2.73. The summed E-state index contributed by atoms with van der Waals surface area (Å²) >= 11 is 1.86. The van der Waals surface area contributed by atoms with Crippen LogP contribution in [0.2, 0.25) is 0 Å². The highest BCUT2D eigenvalue weighted by molar-refractivity contribution is 7.99. The minimum atomic E-state index is 0. The summed E-state index contributed by atoms with van der Waals surface area (Å²) in [4.78, 5) is 0. The first-order valence-electron chi connectivity index (χ1n) is 4.63.